The smallest absolute Gasteiger partial charge is 0.337 e. The Morgan fingerprint density at radius 1 is 1.30 bits per heavy atom. The molecule has 1 aliphatic rings. The standard InChI is InChI=1S/C20H21FN4O5/c1-2-29-16(26)11-23-12-22-18-17(23)19(27)24(10-15-4-3-9-30-15)20(28)25(18)14-7-5-13(21)6-8-14/h5-8,12,15H,2-4,9-11H2,1H3/t15-/m1/s1. The summed E-state index contributed by atoms with van der Waals surface area (Å²) in [7, 11) is 0. The van der Waals surface area contributed by atoms with Crippen LogP contribution in [-0.4, -0.2) is 44.0 Å². The van der Waals surface area contributed by atoms with Crippen LogP contribution in [0.1, 0.15) is 19.8 Å². The van der Waals surface area contributed by atoms with E-state index in [2.05, 4.69) is 4.98 Å². The zero-order chi connectivity index (χ0) is 21.3. The van der Waals surface area contributed by atoms with Gasteiger partial charge in [0.25, 0.3) is 5.56 Å². The quantitative estimate of drug-likeness (QED) is 0.561. The van der Waals surface area contributed by atoms with Crippen LogP contribution in [0.2, 0.25) is 0 Å². The highest BCUT2D eigenvalue weighted by atomic mass is 19.1. The minimum Gasteiger partial charge on any atom is -0.465 e. The number of ether oxygens (including phenoxy) is 2. The van der Waals surface area contributed by atoms with Gasteiger partial charge in [0.2, 0.25) is 0 Å². The maximum atomic E-state index is 13.4. The fraction of sp³-hybridized carbons (Fsp3) is 0.400. The molecule has 10 heteroatoms. The molecule has 0 radical (unpaired) electrons. The van der Waals surface area contributed by atoms with Gasteiger partial charge >= 0.3 is 11.7 Å². The molecule has 0 saturated carbocycles. The van der Waals surface area contributed by atoms with Crippen molar-refractivity contribution in [3.05, 3.63) is 57.2 Å². The molecule has 1 atom stereocenters. The first-order chi connectivity index (χ1) is 14.5. The number of halogens is 1. The largest absolute Gasteiger partial charge is 0.465 e. The molecule has 2 aromatic heterocycles. The van der Waals surface area contributed by atoms with E-state index in [0.717, 1.165) is 17.4 Å². The molecule has 1 saturated heterocycles. The molecule has 1 aliphatic heterocycles. The van der Waals surface area contributed by atoms with E-state index >= 15 is 0 Å². The molecule has 0 spiro atoms. The van der Waals surface area contributed by atoms with Gasteiger partial charge in [-0.3, -0.25) is 14.2 Å². The number of imidazole rings is 1. The van der Waals surface area contributed by atoms with E-state index in [4.69, 9.17) is 9.47 Å². The minimum atomic E-state index is -0.601. The van der Waals surface area contributed by atoms with Crippen LogP contribution in [0.4, 0.5) is 4.39 Å². The summed E-state index contributed by atoms with van der Waals surface area (Å²) < 4.78 is 27.7. The third-order valence-electron chi connectivity index (χ3n) is 5.00. The van der Waals surface area contributed by atoms with Crippen LogP contribution in [0, 0.1) is 5.82 Å². The second-order valence-corrected chi connectivity index (χ2v) is 6.99. The summed E-state index contributed by atoms with van der Waals surface area (Å²) >= 11 is 0. The van der Waals surface area contributed by atoms with E-state index in [-0.39, 0.29) is 37.0 Å². The molecule has 4 rings (SSSR count). The summed E-state index contributed by atoms with van der Waals surface area (Å²) in [6.45, 7) is 2.33. The Hall–Kier alpha value is -3.27. The lowest BCUT2D eigenvalue weighted by Gasteiger charge is -2.15. The molecule has 3 aromatic rings. The molecule has 9 nitrogen and oxygen atoms in total. The number of carbonyl (C=O) groups is 1. The topological polar surface area (TPSA) is 97.4 Å². The van der Waals surface area contributed by atoms with Crippen molar-refractivity contribution in [2.24, 2.45) is 0 Å². The lowest BCUT2D eigenvalue weighted by Crippen LogP contribution is -2.42. The summed E-state index contributed by atoms with van der Waals surface area (Å²) in [5.74, 6) is -0.982. The highest BCUT2D eigenvalue weighted by Crippen LogP contribution is 2.16. The molecule has 0 amide bonds. The van der Waals surface area contributed by atoms with Crippen molar-refractivity contribution in [3.63, 3.8) is 0 Å². The predicted octanol–water partition coefficient (Wildman–Crippen LogP) is 1.23. The number of rotatable bonds is 6. The van der Waals surface area contributed by atoms with Crippen molar-refractivity contribution in [1.82, 2.24) is 18.7 Å². The Kier molecular flexibility index (Phi) is 5.49. The van der Waals surface area contributed by atoms with Crippen LogP contribution < -0.4 is 11.2 Å². The van der Waals surface area contributed by atoms with Gasteiger partial charge < -0.3 is 14.0 Å². The summed E-state index contributed by atoms with van der Waals surface area (Å²) in [6, 6.07) is 5.31. The lowest BCUT2D eigenvalue weighted by atomic mass is 10.2. The van der Waals surface area contributed by atoms with Crippen LogP contribution in [0.5, 0.6) is 0 Å². The number of hydrogen-bond acceptors (Lipinski definition) is 6. The number of carbonyl (C=O) groups excluding carboxylic acids is 1. The van der Waals surface area contributed by atoms with Gasteiger partial charge in [0.05, 0.1) is 31.3 Å². The van der Waals surface area contributed by atoms with E-state index in [9.17, 15) is 18.8 Å². The molecular weight excluding hydrogens is 395 g/mol. The number of hydrogen-bond donors (Lipinski definition) is 0. The molecule has 0 aliphatic carbocycles. The number of nitrogens with zero attached hydrogens (tertiary/aromatic N) is 4. The van der Waals surface area contributed by atoms with E-state index in [1.807, 2.05) is 0 Å². The third kappa shape index (κ3) is 3.65. The van der Waals surface area contributed by atoms with Crippen molar-refractivity contribution >= 4 is 17.1 Å². The third-order valence-corrected chi connectivity index (χ3v) is 5.00. The van der Waals surface area contributed by atoms with E-state index < -0.39 is 23.0 Å². The van der Waals surface area contributed by atoms with E-state index in [1.54, 1.807) is 6.92 Å². The summed E-state index contributed by atoms with van der Waals surface area (Å²) in [6.07, 6.45) is 2.66. The maximum absolute atomic E-state index is 13.4. The van der Waals surface area contributed by atoms with Crippen LogP contribution in [0.25, 0.3) is 16.9 Å². The van der Waals surface area contributed by atoms with Gasteiger partial charge in [-0.1, -0.05) is 0 Å². The van der Waals surface area contributed by atoms with Crippen molar-refractivity contribution in [2.45, 2.75) is 39.0 Å². The molecule has 0 bridgehead atoms. The first-order valence-corrected chi connectivity index (χ1v) is 9.73. The maximum Gasteiger partial charge on any atom is 0.337 e. The SMILES string of the molecule is CCOC(=O)Cn1cnc2c1c(=O)n(C[C@H]1CCCO1)c(=O)n2-c1ccc(F)cc1. The van der Waals surface area contributed by atoms with Gasteiger partial charge in [0.1, 0.15) is 12.4 Å². The van der Waals surface area contributed by atoms with Gasteiger partial charge in [0, 0.05) is 6.61 Å². The zero-order valence-electron chi connectivity index (χ0n) is 16.4. The highest BCUT2D eigenvalue weighted by molar-refractivity contribution is 5.76. The van der Waals surface area contributed by atoms with Crippen molar-refractivity contribution in [3.8, 4) is 5.69 Å². The van der Waals surface area contributed by atoms with E-state index in [0.29, 0.717) is 12.3 Å². The van der Waals surface area contributed by atoms with Crippen LogP contribution in [-0.2, 0) is 27.4 Å². The van der Waals surface area contributed by atoms with Gasteiger partial charge in [-0.2, -0.15) is 0 Å². The zero-order valence-corrected chi connectivity index (χ0v) is 16.4. The molecule has 0 unspecified atom stereocenters. The Morgan fingerprint density at radius 2 is 2.07 bits per heavy atom. The minimum absolute atomic E-state index is 0.0827. The average Bonchev–Trinajstić information content (AvgIpc) is 3.37. The van der Waals surface area contributed by atoms with Crippen molar-refractivity contribution in [2.75, 3.05) is 13.2 Å². The normalized spacial score (nSPS) is 16.3. The Labute approximate surface area is 170 Å². The first-order valence-electron chi connectivity index (χ1n) is 9.73. The number of fused-ring (bicyclic) bond motifs is 1. The lowest BCUT2D eigenvalue weighted by molar-refractivity contribution is -0.143. The monoisotopic (exact) mass is 416 g/mol. The summed E-state index contributed by atoms with van der Waals surface area (Å²) in [5.41, 5.74) is -0.634. The fourth-order valence-electron chi connectivity index (χ4n) is 3.62. The molecule has 1 fully saturated rings. The average molecular weight is 416 g/mol. The Balaban J connectivity index is 1.93. The Morgan fingerprint density at radius 3 is 2.73 bits per heavy atom. The Bertz CT molecular complexity index is 1190. The molecule has 158 valence electrons. The van der Waals surface area contributed by atoms with Gasteiger partial charge in [0.15, 0.2) is 11.2 Å². The molecule has 30 heavy (non-hydrogen) atoms. The molecule has 3 heterocycles. The first kappa shape index (κ1) is 20.0. The van der Waals surface area contributed by atoms with Crippen molar-refractivity contribution < 1.29 is 18.7 Å². The second-order valence-electron chi connectivity index (χ2n) is 6.99. The number of aromatic nitrogens is 4. The molecule has 1 aromatic carbocycles. The second kappa shape index (κ2) is 8.23. The molecule has 0 N–H and O–H groups in total. The van der Waals surface area contributed by atoms with Gasteiger partial charge in [-0.25, -0.2) is 18.7 Å². The van der Waals surface area contributed by atoms with Crippen LogP contribution in [0.3, 0.4) is 0 Å². The van der Waals surface area contributed by atoms with Gasteiger partial charge in [-0.15, -0.1) is 0 Å². The molecular formula is C20H21FN4O5. The number of esters is 1. The van der Waals surface area contributed by atoms with Crippen molar-refractivity contribution in [1.29, 1.82) is 0 Å². The summed E-state index contributed by atoms with van der Waals surface area (Å²) in [4.78, 5) is 42.6. The van der Waals surface area contributed by atoms with Crippen LogP contribution in [0.15, 0.2) is 40.2 Å². The fourth-order valence-corrected chi connectivity index (χ4v) is 3.62. The number of benzene rings is 1. The van der Waals surface area contributed by atoms with Crippen LogP contribution >= 0.6 is 0 Å². The predicted molar refractivity (Wildman–Crippen MR) is 105 cm³/mol. The summed E-state index contributed by atoms with van der Waals surface area (Å²) in [5, 5.41) is 0. The van der Waals surface area contributed by atoms with E-state index in [1.165, 1.54) is 39.7 Å². The highest BCUT2D eigenvalue weighted by Gasteiger charge is 2.24. The van der Waals surface area contributed by atoms with Gasteiger partial charge in [-0.05, 0) is 44.0 Å².